The fraction of sp³-hybridized carbons (Fsp3) is 0.143. The van der Waals surface area contributed by atoms with Crippen LogP contribution in [0.3, 0.4) is 0 Å². The monoisotopic (exact) mass is 149 g/mol. The third kappa shape index (κ3) is 2.14. The number of hydrogen-bond donors (Lipinski definition) is 2. The zero-order valence-corrected chi connectivity index (χ0v) is 5.79. The Bertz CT molecular complexity index is 323. The van der Waals surface area contributed by atoms with Crippen LogP contribution in [0.5, 0.6) is 0 Å². The number of nitrogens with one attached hydrogen (secondary N) is 2. The maximum atomic E-state index is 10.6. The fourth-order valence-corrected chi connectivity index (χ4v) is 0.618. The Kier molecular flexibility index (Phi) is 2.28. The molecular formula is C7H7N3O. The molecule has 0 aromatic carbocycles. The second-order valence-electron chi connectivity index (χ2n) is 1.85. The second kappa shape index (κ2) is 3.42. The summed E-state index contributed by atoms with van der Waals surface area (Å²) < 4.78 is 0. The van der Waals surface area contributed by atoms with Crippen molar-refractivity contribution in [3.63, 3.8) is 0 Å². The molecule has 0 aliphatic rings. The Morgan fingerprint density at radius 3 is 3.27 bits per heavy atom. The maximum absolute atomic E-state index is 10.6. The molecule has 0 aliphatic heterocycles. The number of aromatic nitrogens is 2. The minimum atomic E-state index is -0.382. The van der Waals surface area contributed by atoms with Crippen molar-refractivity contribution >= 4 is 5.82 Å². The lowest BCUT2D eigenvalue weighted by Crippen LogP contribution is -2.12. The van der Waals surface area contributed by atoms with Gasteiger partial charge in [-0.15, -0.1) is 6.42 Å². The number of terminal acetylenes is 1. The van der Waals surface area contributed by atoms with Crippen molar-refractivity contribution in [1.82, 2.24) is 9.97 Å². The molecule has 4 nitrogen and oxygen atoms in total. The van der Waals surface area contributed by atoms with E-state index in [1.807, 2.05) is 0 Å². The number of hydrogen-bond acceptors (Lipinski definition) is 3. The number of aromatic amines is 1. The van der Waals surface area contributed by atoms with Gasteiger partial charge in [-0.05, 0) is 6.07 Å². The second-order valence-corrected chi connectivity index (χ2v) is 1.85. The summed E-state index contributed by atoms with van der Waals surface area (Å²) in [5, 5.41) is 2.80. The lowest BCUT2D eigenvalue weighted by atomic mass is 10.5. The highest BCUT2D eigenvalue weighted by Gasteiger charge is 1.88. The molecule has 0 amide bonds. The first kappa shape index (κ1) is 7.35. The van der Waals surface area contributed by atoms with E-state index in [2.05, 4.69) is 21.2 Å². The van der Waals surface area contributed by atoms with Gasteiger partial charge in [-0.1, -0.05) is 5.92 Å². The van der Waals surface area contributed by atoms with E-state index in [0.29, 0.717) is 12.4 Å². The highest BCUT2D eigenvalue weighted by Crippen LogP contribution is 1.92. The van der Waals surface area contributed by atoms with Crippen molar-refractivity contribution in [2.45, 2.75) is 0 Å². The number of anilines is 1. The average Bonchev–Trinajstić information content (AvgIpc) is 2.01. The molecule has 1 aromatic heterocycles. The summed E-state index contributed by atoms with van der Waals surface area (Å²) in [6.45, 7) is 0.389. The molecule has 56 valence electrons. The molecule has 0 saturated carbocycles. The van der Waals surface area contributed by atoms with Gasteiger partial charge in [-0.3, -0.25) is 4.98 Å². The summed E-state index contributed by atoms with van der Waals surface area (Å²) >= 11 is 0. The summed E-state index contributed by atoms with van der Waals surface area (Å²) in [6.07, 6.45) is 6.41. The standard InChI is InChI=1S/C7H7N3O/c1-2-4-8-6-3-5-9-7(11)10-6/h1,3,5H,4H2,(H2,8,9,10,11). The zero-order valence-electron chi connectivity index (χ0n) is 5.79. The van der Waals surface area contributed by atoms with E-state index in [-0.39, 0.29) is 5.69 Å². The topological polar surface area (TPSA) is 57.8 Å². The van der Waals surface area contributed by atoms with E-state index in [1.165, 1.54) is 6.20 Å². The summed E-state index contributed by atoms with van der Waals surface area (Å²) in [5.74, 6) is 2.97. The fourth-order valence-electron chi connectivity index (χ4n) is 0.618. The van der Waals surface area contributed by atoms with Crippen molar-refractivity contribution in [2.75, 3.05) is 11.9 Å². The molecule has 2 N–H and O–H groups in total. The molecule has 1 rings (SSSR count). The first-order valence-corrected chi connectivity index (χ1v) is 3.05. The molecule has 0 radical (unpaired) electrons. The van der Waals surface area contributed by atoms with Gasteiger partial charge in [0.25, 0.3) is 0 Å². The van der Waals surface area contributed by atoms with Gasteiger partial charge < -0.3 is 5.32 Å². The zero-order chi connectivity index (χ0) is 8.10. The third-order valence-electron chi connectivity index (χ3n) is 1.06. The van der Waals surface area contributed by atoms with Gasteiger partial charge >= 0.3 is 5.69 Å². The normalized spacial score (nSPS) is 8.64. The Hall–Kier alpha value is -1.76. The van der Waals surface area contributed by atoms with Crippen molar-refractivity contribution in [2.24, 2.45) is 0 Å². The van der Waals surface area contributed by atoms with Crippen molar-refractivity contribution in [1.29, 1.82) is 0 Å². The molecule has 1 heterocycles. The van der Waals surface area contributed by atoms with Crippen molar-refractivity contribution in [3.05, 3.63) is 22.7 Å². The van der Waals surface area contributed by atoms with Crippen LogP contribution in [0.2, 0.25) is 0 Å². The van der Waals surface area contributed by atoms with Crippen LogP contribution >= 0.6 is 0 Å². The molecule has 0 aliphatic carbocycles. The van der Waals surface area contributed by atoms with Gasteiger partial charge in [0, 0.05) is 6.20 Å². The van der Waals surface area contributed by atoms with Crippen LogP contribution in [-0.4, -0.2) is 16.5 Å². The van der Waals surface area contributed by atoms with E-state index >= 15 is 0 Å². The average molecular weight is 149 g/mol. The Labute approximate surface area is 63.7 Å². The van der Waals surface area contributed by atoms with Gasteiger partial charge in [0.2, 0.25) is 0 Å². The highest BCUT2D eigenvalue weighted by atomic mass is 16.1. The van der Waals surface area contributed by atoms with E-state index in [1.54, 1.807) is 6.07 Å². The molecule has 11 heavy (non-hydrogen) atoms. The van der Waals surface area contributed by atoms with Crippen LogP contribution in [0.15, 0.2) is 17.1 Å². The Morgan fingerprint density at radius 2 is 2.64 bits per heavy atom. The first-order chi connectivity index (χ1) is 5.33. The minimum absolute atomic E-state index is 0.382. The number of rotatable bonds is 2. The first-order valence-electron chi connectivity index (χ1n) is 3.05. The molecule has 1 aromatic rings. The van der Waals surface area contributed by atoms with E-state index in [0.717, 1.165) is 0 Å². The van der Waals surface area contributed by atoms with Crippen molar-refractivity contribution in [3.8, 4) is 12.3 Å². The SMILES string of the molecule is C#CCNc1ccnc(=O)[nH]1. The van der Waals surface area contributed by atoms with Gasteiger partial charge in [0.15, 0.2) is 0 Å². The highest BCUT2D eigenvalue weighted by molar-refractivity contribution is 5.32. The molecule has 4 heteroatoms. The van der Waals surface area contributed by atoms with Crippen LogP contribution in [0.1, 0.15) is 0 Å². The van der Waals surface area contributed by atoms with Crippen LogP contribution in [0, 0.1) is 12.3 Å². The van der Waals surface area contributed by atoms with Gasteiger partial charge in [0.05, 0.1) is 6.54 Å². The predicted octanol–water partition coefficient (Wildman–Crippen LogP) is -0.185. The lowest BCUT2D eigenvalue weighted by molar-refractivity contribution is 1.07. The summed E-state index contributed by atoms with van der Waals surface area (Å²) in [5.41, 5.74) is -0.382. The molecule has 0 saturated heterocycles. The van der Waals surface area contributed by atoms with E-state index < -0.39 is 0 Å². The number of nitrogens with zero attached hydrogens (tertiary/aromatic N) is 1. The van der Waals surface area contributed by atoms with Crippen LogP contribution in [0.25, 0.3) is 0 Å². The van der Waals surface area contributed by atoms with Crippen LogP contribution < -0.4 is 11.0 Å². The predicted molar refractivity (Wildman–Crippen MR) is 42.2 cm³/mol. The quantitative estimate of drug-likeness (QED) is 0.573. The van der Waals surface area contributed by atoms with Gasteiger partial charge in [0.1, 0.15) is 5.82 Å². The lowest BCUT2D eigenvalue weighted by Gasteiger charge is -1.98. The largest absolute Gasteiger partial charge is 0.361 e. The molecule has 0 unspecified atom stereocenters. The van der Waals surface area contributed by atoms with Crippen LogP contribution in [0.4, 0.5) is 5.82 Å². The van der Waals surface area contributed by atoms with Crippen molar-refractivity contribution < 1.29 is 0 Å². The molecule has 0 atom stereocenters. The smallest absolute Gasteiger partial charge is 0.346 e. The van der Waals surface area contributed by atoms with E-state index in [4.69, 9.17) is 6.42 Å². The third-order valence-corrected chi connectivity index (χ3v) is 1.06. The molecule has 0 spiro atoms. The maximum Gasteiger partial charge on any atom is 0.346 e. The summed E-state index contributed by atoms with van der Waals surface area (Å²) in [4.78, 5) is 16.5. The number of H-pyrrole nitrogens is 1. The Balaban J connectivity index is 2.73. The van der Waals surface area contributed by atoms with E-state index in [9.17, 15) is 4.79 Å². The Morgan fingerprint density at radius 1 is 1.82 bits per heavy atom. The summed E-state index contributed by atoms with van der Waals surface area (Å²) in [6, 6.07) is 1.64. The molecule has 0 fully saturated rings. The molecule has 0 bridgehead atoms. The van der Waals surface area contributed by atoms with Crippen LogP contribution in [-0.2, 0) is 0 Å². The summed E-state index contributed by atoms with van der Waals surface area (Å²) in [7, 11) is 0. The van der Waals surface area contributed by atoms with Gasteiger partial charge in [-0.2, -0.15) is 0 Å². The molecular weight excluding hydrogens is 142 g/mol. The minimum Gasteiger partial charge on any atom is -0.361 e. The van der Waals surface area contributed by atoms with Gasteiger partial charge in [-0.25, -0.2) is 9.78 Å².